The molecule has 0 radical (unpaired) electrons. The van der Waals surface area contributed by atoms with E-state index in [-0.39, 0.29) is 69.5 Å². The van der Waals surface area contributed by atoms with Gasteiger partial charge in [0.25, 0.3) is 0 Å². The zero-order valence-corrected chi connectivity index (χ0v) is 81.3. The van der Waals surface area contributed by atoms with E-state index in [1.54, 1.807) is 27.9 Å². The van der Waals surface area contributed by atoms with Gasteiger partial charge in [-0.1, -0.05) is 89.2 Å². The predicted octanol–water partition coefficient (Wildman–Crippen LogP) is 17.2. The highest BCUT2D eigenvalue weighted by Crippen LogP contribution is 2.71. The summed E-state index contributed by atoms with van der Waals surface area (Å²) >= 11 is 0. The number of ether oxygens (including phenoxy) is 11. The van der Waals surface area contributed by atoms with Gasteiger partial charge >= 0.3 is 42.2 Å². The maximum atomic E-state index is 13.3. The van der Waals surface area contributed by atoms with Crippen LogP contribution in [-0.4, -0.2) is 226 Å². The number of aliphatic hydroxyl groups is 3. The topological polar surface area (TPSA) is 308 Å². The summed E-state index contributed by atoms with van der Waals surface area (Å²) < 4.78 is 167. The summed E-state index contributed by atoms with van der Waals surface area (Å²) in [5, 5.41) is 30.6. The van der Waals surface area contributed by atoms with Gasteiger partial charge in [-0.25, -0.2) is 8.42 Å². The summed E-state index contributed by atoms with van der Waals surface area (Å²) in [7, 11) is -2.27. The molecule has 16 rings (SSSR count). The number of halogens is 6. The van der Waals surface area contributed by atoms with Gasteiger partial charge < -0.3 is 72.0 Å². The van der Waals surface area contributed by atoms with Crippen molar-refractivity contribution in [3.8, 4) is 0 Å². The SMILES string of the molecule is CCC(C)(C)C(=O)OC1(CC)CC2CC1C1C3CCC(C3)C21.CCC(C)(C)C(=O)OC12CC3CC(CC(O)(C3)C1)C2.CCC(C)(C)C(=O)OC1C2CC3C(=O)OC1C3O2.CCC(C)(C)C(=O)OC1CC(C(C)(O)C(F)(F)F)CC(C(C)(O)C(F)(F)F)C1.COCCOCCOCCOCCN1CCOCC1.CS(=O)(=O)[O-].c1ccc([S+](c2ccccc2)c2ccccc2)cc1. The normalized spacial score (nSPS) is 31.1. The van der Waals surface area contributed by atoms with E-state index in [2.05, 4.69) is 110 Å². The van der Waals surface area contributed by atoms with E-state index >= 15 is 0 Å². The van der Waals surface area contributed by atoms with Crippen LogP contribution in [0.5, 0.6) is 0 Å². The molecule has 130 heavy (non-hydrogen) atoms. The summed E-state index contributed by atoms with van der Waals surface area (Å²) in [6.07, 6.45) is 3.22. The number of carbonyl (C=O) groups excluding carboxylic acids is 5. The van der Waals surface area contributed by atoms with Gasteiger partial charge in [-0.3, -0.25) is 28.9 Å². The molecule has 23 nitrogen and oxygen atoms in total. The Bertz CT molecular complexity index is 4060. The molecule has 13 fully saturated rings. The minimum Gasteiger partial charge on any atom is -0.748 e. The number of hydrogen-bond donors (Lipinski definition) is 3. The lowest BCUT2D eigenvalue weighted by molar-refractivity contribution is -0.299. The van der Waals surface area contributed by atoms with E-state index < -0.39 is 111 Å². The monoisotopic (exact) mass is 1880 g/mol. The van der Waals surface area contributed by atoms with Crippen molar-refractivity contribution in [3.63, 3.8) is 0 Å². The molecule has 9 saturated carbocycles. The van der Waals surface area contributed by atoms with E-state index in [4.69, 9.17) is 65.1 Å². The molecule has 0 spiro atoms. The smallest absolute Gasteiger partial charge is 0.417 e. The van der Waals surface area contributed by atoms with Crippen LogP contribution < -0.4 is 0 Å². The van der Waals surface area contributed by atoms with Crippen molar-refractivity contribution in [1.82, 2.24) is 4.90 Å². The van der Waals surface area contributed by atoms with Crippen LogP contribution in [0.1, 0.15) is 232 Å². The third kappa shape index (κ3) is 27.5. The summed E-state index contributed by atoms with van der Waals surface area (Å²) in [4.78, 5) is 67.4. The molecule has 4 saturated heterocycles. The number of morpholine rings is 1. The molecule has 9 aliphatic carbocycles. The van der Waals surface area contributed by atoms with E-state index in [0.29, 0.717) is 103 Å². The van der Waals surface area contributed by atoms with Crippen LogP contribution in [0.25, 0.3) is 0 Å². The van der Waals surface area contributed by atoms with Gasteiger partial charge in [0.2, 0.25) is 0 Å². The molecule has 3 aromatic rings. The molecule has 31 heteroatoms. The lowest BCUT2D eigenvalue weighted by Crippen LogP contribution is -2.61. The van der Waals surface area contributed by atoms with Crippen LogP contribution in [0, 0.1) is 86.8 Å². The van der Waals surface area contributed by atoms with Crippen LogP contribution in [-0.2, 0) is 97.1 Å². The second-order valence-electron chi connectivity index (χ2n) is 41.2. The van der Waals surface area contributed by atoms with Crippen LogP contribution in [0.15, 0.2) is 106 Å². The van der Waals surface area contributed by atoms with Gasteiger partial charge in [-0.15, -0.1) is 0 Å². The third-order valence-electron chi connectivity index (χ3n) is 30.3. The second-order valence-corrected chi connectivity index (χ2v) is 44.6. The Morgan fingerprint density at radius 2 is 0.969 bits per heavy atom. The molecule has 3 N–H and O–H groups in total. The number of benzene rings is 3. The molecule has 736 valence electrons. The number of hydrogen-bond acceptors (Lipinski definition) is 23. The quantitative estimate of drug-likeness (QED) is 0.0106. The van der Waals surface area contributed by atoms with Crippen LogP contribution in [0.4, 0.5) is 26.3 Å². The van der Waals surface area contributed by atoms with Gasteiger partial charge in [0.15, 0.2) is 38.1 Å². The third-order valence-corrected chi connectivity index (χ3v) is 32.5. The number of esters is 5. The van der Waals surface area contributed by atoms with Crippen molar-refractivity contribution < 1.29 is 131 Å². The highest BCUT2D eigenvalue weighted by atomic mass is 32.2. The Labute approximate surface area is 770 Å². The molecule has 0 amide bonds. The highest BCUT2D eigenvalue weighted by molar-refractivity contribution is 7.97. The Balaban J connectivity index is 0.000000175. The van der Waals surface area contributed by atoms with E-state index in [0.717, 1.165) is 120 Å². The first kappa shape index (κ1) is 108. The average molecular weight is 1880 g/mol. The fraction of sp³-hybridized carbons (Fsp3) is 0.768. The summed E-state index contributed by atoms with van der Waals surface area (Å²) in [6.45, 7) is 34.9. The number of nitrogens with zero attached hydrogens (tertiary/aromatic N) is 1. The molecular formula is C99H149F6NO22S2. The van der Waals surface area contributed by atoms with Gasteiger partial charge in [0, 0.05) is 57.2 Å². The van der Waals surface area contributed by atoms with Gasteiger partial charge in [0.1, 0.15) is 23.4 Å². The number of carbonyl (C=O) groups is 5. The average Bonchev–Trinajstić information content (AvgIpc) is 1.53. The summed E-state index contributed by atoms with van der Waals surface area (Å²) in [6, 6.07) is 32.2. The fourth-order valence-corrected chi connectivity index (χ4v) is 23.4. The van der Waals surface area contributed by atoms with Crippen molar-refractivity contribution in [2.75, 3.05) is 92.5 Å². The van der Waals surface area contributed by atoms with E-state index in [1.807, 2.05) is 55.4 Å². The van der Waals surface area contributed by atoms with E-state index in [9.17, 15) is 65.6 Å². The maximum absolute atomic E-state index is 13.3. The molecule has 10 bridgehead atoms. The van der Waals surface area contributed by atoms with Gasteiger partial charge in [-0.05, 0) is 269 Å². The first-order valence-corrected chi connectivity index (χ1v) is 50.2. The van der Waals surface area contributed by atoms with Crippen molar-refractivity contribution in [2.24, 2.45) is 86.8 Å². The molecule has 13 aliphatic rings. The highest BCUT2D eigenvalue weighted by Gasteiger charge is 2.70. The molecule has 18 atom stereocenters. The van der Waals surface area contributed by atoms with Crippen molar-refractivity contribution >= 4 is 50.9 Å². The number of methoxy groups -OCH3 is 1. The molecule has 4 aliphatic heterocycles. The molecule has 3 aromatic carbocycles. The summed E-state index contributed by atoms with van der Waals surface area (Å²) in [5.74, 6) is 1.73. The first-order valence-electron chi connectivity index (χ1n) is 47.1. The second kappa shape index (κ2) is 45.2. The maximum Gasteiger partial charge on any atom is 0.417 e. The van der Waals surface area contributed by atoms with Gasteiger partial charge in [0.05, 0.1) is 120 Å². The lowest BCUT2D eigenvalue weighted by atomic mass is 9.52. The summed E-state index contributed by atoms with van der Waals surface area (Å²) in [5.41, 5.74) is -9.85. The molecule has 18 unspecified atom stereocenters. The number of rotatable bonds is 30. The Morgan fingerprint density at radius 3 is 1.41 bits per heavy atom. The minimum atomic E-state index is -5.10. The largest absolute Gasteiger partial charge is 0.748 e. The molecule has 4 heterocycles. The zero-order valence-electron chi connectivity index (χ0n) is 79.7. The van der Waals surface area contributed by atoms with Crippen LogP contribution in [0.3, 0.4) is 0 Å². The van der Waals surface area contributed by atoms with Crippen LogP contribution in [0.2, 0.25) is 0 Å². The van der Waals surface area contributed by atoms with Crippen molar-refractivity contribution in [2.45, 2.75) is 318 Å². The molecule has 0 aromatic heterocycles. The Kier molecular flexibility index (Phi) is 37.6. The fourth-order valence-electron chi connectivity index (χ4n) is 21.3. The Morgan fingerprint density at radius 1 is 0.538 bits per heavy atom. The number of alkyl halides is 6. The lowest BCUT2D eigenvalue weighted by Gasteiger charge is -2.59. The number of fused-ring (bicyclic) bond motifs is 10. The van der Waals surface area contributed by atoms with Crippen LogP contribution >= 0.6 is 0 Å². The van der Waals surface area contributed by atoms with E-state index in [1.165, 1.54) is 46.8 Å². The predicted molar refractivity (Wildman–Crippen MR) is 477 cm³/mol. The van der Waals surface area contributed by atoms with Gasteiger partial charge in [-0.2, -0.15) is 26.3 Å². The molecular weight excluding hydrogens is 1730 g/mol. The van der Waals surface area contributed by atoms with Crippen molar-refractivity contribution in [1.29, 1.82) is 0 Å². The Hall–Kier alpha value is -5.55. The van der Waals surface area contributed by atoms with Crippen molar-refractivity contribution in [3.05, 3.63) is 91.0 Å². The standard InChI is InChI=1S/C20H32O2.C18H28F6O4.C18H15S.C16H26O3.C13H27NO5.C13H18O5.CH4O3S/c1-5-19(3,4)18(21)22-20(6-2)11-14-10-15(20)17-13-8-7-12(9-13)16(14)17;1-6-14(2,3)13(25)28-12-8-10(15(4,26)17(19,20)21)7-11(9-12)16(5,27)18(22,23)24;1-4-10-16(11-5-1)19(17-12-6-2-7-13-17)18-14-8-3-9-15-18;1-4-14(2,3)13(17)19-16-8-11-5-12(9-16)7-15(18,6-11)10-16;1-15-8-9-18-12-13-19-11-10-17-7-4-14-2-5-16-6-3-14;1-4-13(2,3)12(15)18-9-7-5-6-8(16-7)10(9)17-11(6)14;1-5(2,3)4/h12-17H,5-11H2,1-4H3;10-12,26-27H,6-9H2,1-5H3;1-15H;11-12,18H,4-10H2,1-3H3;2-13H2,1H3;6-10H,4-5H2,1-3H3;1H3,(H,2,3,4)/q;;+1;;;;/p-1. The first-order chi connectivity index (χ1) is 60.8. The minimum absolute atomic E-state index is 0.0146. The zero-order chi connectivity index (χ0) is 96.0.